The molecule has 0 aliphatic rings. The minimum absolute atomic E-state index is 0.143. The lowest BCUT2D eigenvalue weighted by atomic mass is 10.1. The van der Waals surface area contributed by atoms with Crippen LogP contribution in [0.15, 0.2) is 82.7 Å². The van der Waals surface area contributed by atoms with Crippen molar-refractivity contribution in [3.8, 4) is 6.07 Å². The fraction of sp³-hybridized carbons (Fsp3) is 0.0870. The van der Waals surface area contributed by atoms with E-state index in [9.17, 15) is 14.4 Å². The van der Waals surface area contributed by atoms with E-state index in [2.05, 4.69) is 11.1 Å². The average Bonchev–Trinajstić information content (AvgIpc) is 2.76. The molecule has 4 rings (SSSR count). The molecule has 6 heteroatoms. The monoisotopic (exact) mass is 401 g/mol. The second-order valence-corrected chi connectivity index (χ2v) is 7.43. The maximum Gasteiger partial charge on any atom is 0.262 e. The molecule has 0 saturated carbocycles. The van der Waals surface area contributed by atoms with Gasteiger partial charge in [-0.15, -0.1) is 0 Å². The molecule has 1 heterocycles. The molecule has 0 fully saturated rings. The van der Waals surface area contributed by atoms with Crippen LogP contribution in [0.1, 0.15) is 16.7 Å². The Balaban J connectivity index is 1.75. The molecule has 0 aliphatic heterocycles. The quantitative estimate of drug-likeness (QED) is 0.358. The van der Waals surface area contributed by atoms with Gasteiger partial charge in [0.25, 0.3) is 5.56 Å². The zero-order valence-corrected chi connectivity index (χ0v) is 16.2. The van der Waals surface area contributed by atoms with Gasteiger partial charge in [-0.2, -0.15) is 5.26 Å². The number of aromatic nitrogens is 2. The fourth-order valence-corrected chi connectivity index (χ4v) is 4.07. The largest absolute Gasteiger partial charge is 0.283 e. The zero-order chi connectivity index (χ0) is 20.2. The summed E-state index contributed by atoms with van der Waals surface area (Å²) in [6, 6.07) is 22.9. The summed E-state index contributed by atoms with van der Waals surface area (Å²) in [6.07, 6.45) is 0. The highest BCUT2D eigenvalue weighted by molar-refractivity contribution is 7.98. The van der Waals surface area contributed by atoms with Gasteiger partial charge in [0.2, 0.25) is 0 Å². The van der Waals surface area contributed by atoms with Gasteiger partial charge >= 0.3 is 0 Å². The lowest BCUT2D eigenvalue weighted by molar-refractivity contribution is 0.622. The maximum atomic E-state index is 13.3. The summed E-state index contributed by atoms with van der Waals surface area (Å²) in [6.45, 7) is 0.291. The Labute approximate surface area is 171 Å². The minimum atomic E-state index is -0.319. The molecule has 142 valence electrons. The van der Waals surface area contributed by atoms with E-state index in [0.717, 1.165) is 11.1 Å². The van der Waals surface area contributed by atoms with Crippen LogP contribution < -0.4 is 5.56 Å². The molecule has 3 aromatic carbocycles. The Morgan fingerprint density at radius 3 is 2.52 bits per heavy atom. The second-order valence-electron chi connectivity index (χ2n) is 6.49. The Hall–Kier alpha value is -3.43. The molecule has 0 N–H and O–H groups in total. The maximum absolute atomic E-state index is 13.3. The molecule has 0 saturated heterocycles. The molecule has 0 unspecified atom stereocenters. The molecule has 4 aromatic rings. The SMILES string of the molecule is N#Cc1ccccc1CSc1nc2ccccc2c(=O)n1Cc1ccc(F)cc1. The number of nitriles is 1. The molecule has 29 heavy (non-hydrogen) atoms. The van der Waals surface area contributed by atoms with Crippen LogP contribution in [0.4, 0.5) is 4.39 Å². The van der Waals surface area contributed by atoms with Crippen LogP contribution in [0, 0.1) is 17.1 Å². The van der Waals surface area contributed by atoms with Crippen molar-refractivity contribution < 1.29 is 4.39 Å². The number of nitrogens with zero attached hydrogens (tertiary/aromatic N) is 3. The van der Waals surface area contributed by atoms with Gasteiger partial charge in [-0.05, 0) is 41.5 Å². The van der Waals surface area contributed by atoms with E-state index in [4.69, 9.17) is 0 Å². The third kappa shape index (κ3) is 4.05. The lowest BCUT2D eigenvalue weighted by Crippen LogP contribution is -2.24. The summed E-state index contributed by atoms with van der Waals surface area (Å²) in [5, 5.41) is 10.4. The zero-order valence-electron chi connectivity index (χ0n) is 15.4. The number of benzene rings is 3. The average molecular weight is 401 g/mol. The Morgan fingerprint density at radius 2 is 1.72 bits per heavy atom. The van der Waals surface area contributed by atoms with Crippen molar-refractivity contribution in [2.45, 2.75) is 17.5 Å². The summed E-state index contributed by atoms with van der Waals surface area (Å²) in [5.74, 6) is 0.193. The molecular weight excluding hydrogens is 385 g/mol. The summed E-state index contributed by atoms with van der Waals surface area (Å²) >= 11 is 1.41. The highest BCUT2D eigenvalue weighted by Gasteiger charge is 2.13. The molecule has 0 spiro atoms. The predicted octanol–water partition coefficient (Wildman–Crippen LogP) is 4.75. The van der Waals surface area contributed by atoms with E-state index >= 15 is 0 Å². The topological polar surface area (TPSA) is 58.7 Å². The first-order valence-corrected chi connectivity index (χ1v) is 9.99. The Bertz CT molecular complexity index is 1280. The fourth-order valence-electron chi connectivity index (χ4n) is 3.07. The highest BCUT2D eigenvalue weighted by Crippen LogP contribution is 2.24. The van der Waals surface area contributed by atoms with Gasteiger partial charge in [0.05, 0.1) is 29.1 Å². The first kappa shape index (κ1) is 18.9. The normalized spacial score (nSPS) is 10.8. The molecule has 0 bridgehead atoms. The van der Waals surface area contributed by atoms with E-state index in [1.54, 1.807) is 28.8 Å². The predicted molar refractivity (Wildman–Crippen MR) is 112 cm³/mol. The number of hydrogen-bond donors (Lipinski definition) is 0. The van der Waals surface area contributed by atoms with E-state index in [0.29, 0.717) is 33.9 Å². The number of fused-ring (bicyclic) bond motifs is 1. The Kier molecular flexibility index (Phi) is 5.41. The van der Waals surface area contributed by atoms with Gasteiger partial charge in [-0.3, -0.25) is 9.36 Å². The third-order valence-electron chi connectivity index (χ3n) is 4.58. The van der Waals surface area contributed by atoms with Crippen LogP contribution in [0.2, 0.25) is 0 Å². The first-order chi connectivity index (χ1) is 14.2. The van der Waals surface area contributed by atoms with Crippen LogP contribution in [0.3, 0.4) is 0 Å². The van der Waals surface area contributed by atoms with Crippen LogP contribution in [0.25, 0.3) is 10.9 Å². The van der Waals surface area contributed by atoms with E-state index in [1.807, 2.05) is 36.4 Å². The number of hydrogen-bond acceptors (Lipinski definition) is 4. The smallest absolute Gasteiger partial charge is 0.262 e. The summed E-state index contributed by atoms with van der Waals surface area (Å²) in [7, 11) is 0. The number of rotatable bonds is 5. The van der Waals surface area contributed by atoms with E-state index in [1.165, 1.54) is 23.9 Å². The van der Waals surface area contributed by atoms with Crippen molar-refractivity contribution in [2.24, 2.45) is 0 Å². The van der Waals surface area contributed by atoms with Crippen LogP contribution in [-0.2, 0) is 12.3 Å². The van der Waals surface area contributed by atoms with Crippen LogP contribution in [0.5, 0.6) is 0 Å². The van der Waals surface area contributed by atoms with Gasteiger partial charge in [0.15, 0.2) is 5.16 Å². The van der Waals surface area contributed by atoms with Crippen LogP contribution >= 0.6 is 11.8 Å². The van der Waals surface area contributed by atoms with Gasteiger partial charge in [0.1, 0.15) is 5.82 Å². The number of thioether (sulfide) groups is 1. The number of para-hydroxylation sites is 1. The van der Waals surface area contributed by atoms with Gasteiger partial charge in [-0.25, -0.2) is 9.37 Å². The molecule has 0 atom stereocenters. The van der Waals surface area contributed by atoms with Crippen molar-refractivity contribution in [2.75, 3.05) is 0 Å². The molecular formula is C23H16FN3OS. The molecule has 0 amide bonds. The van der Waals surface area contributed by atoms with Gasteiger partial charge in [0, 0.05) is 5.75 Å². The van der Waals surface area contributed by atoms with Crippen molar-refractivity contribution in [1.82, 2.24) is 9.55 Å². The minimum Gasteiger partial charge on any atom is -0.283 e. The van der Waals surface area contributed by atoms with Crippen LogP contribution in [-0.4, -0.2) is 9.55 Å². The molecule has 0 radical (unpaired) electrons. The Morgan fingerprint density at radius 1 is 1.00 bits per heavy atom. The van der Waals surface area contributed by atoms with Crippen molar-refractivity contribution >= 4 is 22.7 Å². The lowest BCUT2D eigenvalue weighted by Gasteiger charge is -2.13. The summed E-state index contributed by atoms with van der Waals surface area (Å²) < 4.78 is 14.9. The number of halogens is 1. The van der Waals surface area contributed by atoms with Crippen molar-refractivity contribution in [1.29, 1.82) is 5.26 Å². The second kappa shape index (κ2) is 8.29. The van der Waals surface area contributed by atoms with Crippen molar-refractivity contribution in [3.05, 3.63) is 106 Å². The first-order valence-electron chi connectivity index (χ1n) is 9.00. The summed E-state index contributed by atoms with van der Waals surface area (Å²) in [4.78, 5) is 17.8. The van der Waals surface area contributed by atoms with Gasteiger partial charge < -0.3 is 0 Å². The molecule has 1 aromatic heterocycles. The third-order valence-corrected chi connectivity index (χ3v) is 5.60. The summed E-state index contributed by atoms with van der Waals surface area (Å²) in [5.41, 5.74) is 2.79. The standard InChI is InChI=1S/C23H16FN3OS/c24-19-11-9-16(10-12-19)14-27-22(28)20-7-3-4-8-21(20)26-23(27)29-15-18-6-2-1-5-17(18)13-25/h1-12H,14-15H2. The highest BCUT2D eigenvalue weighted by atomic mass is 32.2. The molecule has 4 nitrogen and oxygen atoms in total. The van der Waals surface area contributed by atoms with E-state index < -0.39 is 0 Å². The van der Waals surface area contributed by atoms with E-state index in [-0.39, 0.29) is 11.4 Å². The van der Waals surface area contributed by atoms with Crippen molar-refractivity contribution in [3.63, 3.8) is 0 Å². The molecule has 0 aliphatic carbocycles. The van der Waals surface area contributed by atoms with Gasteiger partial charge in [-0.1, -0.05) is 54.2 Å².